The first-order chi connectivity index (χ1) is 14.8. The molecule has 1 atom stereocenters. The van der Waals surface area contributed by atoms with Gasteiger partial charge in [0.1, 0.15) is 17.3 Å². The maximum atomic E-state index is 12.9. The van der Waals surface area contributed by atoms with E-state index in [2.05, 4.69) is 0 Å². The summed E-state index contributed by atoms with van der Waals surface area (Å²) in [5.74, 6) is -0.621. The average molecular weight is 425 g/mol. The number of hydrogen-bond donors (Lipinski definition) is 2. The quantitative estimate of drug-likeness (QED) is 0.382. The predicted molar refractivity (Wildman–Crippen MR) is 116 cm³/mol. The smallest absolute Gasteiger partial charge is 0.295 e. The lowest BCUT2D eigenvalue weighted by molar-refractivity contribution is -0.140. The van der Waals surface area contributed by atoms with Gasteiger partial charge in [-0.2, -0.15) is 0 Å². The molecule has 3 rings (SSSR count). The zero-order chi connectivity index (χ0) is 22.5. The van der Waals surface area contributed by atoms with E-state index in [-0.39, 0.29) is 30.2 Å². The second-order valence-corrected chi connectivity index (χ2v) is 7.81. The van der Waals surface area contributed by atoms with Gasteiger partial charge in [-0.3, -0.25) is 9.59 Å². The SMILES string of the molecule is COCCN1C(=O)C(=O)C(=C(O)c2ccc(OCC(C)C)cc2)[C@H]1c1ccc(O)cc1. The predicted octanol–water partition coefficient (Wildman–Crippen LogP) is 3.50. The molecule has 2 N–H and O–H groups in total. The van der Waals surface area contributed by atoms with Gasteiger partial charge in [0.25, 0.3) is 11.7 Å². The molecule has 164 valence electrons. The van der Waals surface area contributed by atoms with E-state index in [0.29, 0.717) is 29.4 Å². The molecule has 7 heteroatoms. The van der Waals surface area contributed by atoms with Crippen LogP contribution in [0.2, 0.25) is 0 Å². The molecule has 1 aliphatic rings. The molecule has 0 unspecified atom stereocenters. The Morgan fingerprint density at radius 1 is 1.06 bits per heavy atom. The first-order valence-corrected chi connectivity index (χ1v) is 10.1. The standard InChI is InChI=1S/C24H27NO6/c1-15(2)14-31-19-10-6-17(7-11-19)22(27)20-21(16-4-8-18(26)9-5-16)25(12-13-30-3)24(29)23(20)28/h4-11,15,21,26-27H,12-14H2,1-3H3/t21-/m1/s1. The molecule has 0 aliphatic carbocycles. The van der Waals surface area contributed by atoms with Crippen molar-refractivity contribution in [1.29, 1.82) is 0 Å². The lowest BCUT2D eigenvalue weighted by atomic mass is 9.95. The van der Waals surface area contributed by atoms with Crippen molar-refractivity contribution in [2.24, 2.45) is 5.92 Å². The van der Waals surface area contributed by atoms with Gasteiger partial charge in [-0.15, -0.1) is 0 Å². The van der Waals surface area contributed by atoms with E-state index >= 15 is 0 Å². The fraction of sp³-hybridized carbons (Fsp3) is 0.333. The van der Waals surface area contributed by atoms with E-state index in [9.17, 15) is 19.8 Å². The average Bonchev–Trinajstić information content (AvgIpc) is 3.01. The number of carbonyl (C=O) groups is 2. The van der Waals surface area contributed by atoms with Gasteiger partial charge in [-0.25, -0.2) is 0 Å². The van der Waals surface area contributed by atoms with Gasteiger partial charge in [0.15, 0.2) is 0 Å². The summed E-state index contributed by atoms with van der Waals surface area (Å²) in [7, 11) is 1.51. The van der Waals surface area contributed by atoms with Gasteiger partial charge in [-0.05, 0) is 47.9 Å². The molecule has 0 aromatic heterocycles. The summed E-state index contributed by atoms with van der Waals surface area (Å²) in [6.45, 7) is 5.09. The number of carbonyl (C=O) groups excluding carboxylic acids is 2. The van der Waals surface area contributed by atoms with E-state index < -0.39 is 17.7 Å². The van der Waals surface area contributed by atoms with E-state index in [0.717, 1.165) is 0 Å². The molecular formula is C24H27NO6. The highest BCUT2D eigenvalue weighted by atomic mass is 16.5. The number of aromatic hydroxyl groups is 1. The Balaban J connectivity index is 2.02. The lowest BCUT2D eigenvalue weighted by Gasteiger charge is -2.25. The van der Waals surface area contributed by atoms with E-state index in [1.807, 2.05) is 13.8 Å². The van der Waals surface area contributed by atoms with Crippen LogP contribution in [0.1, 0.15) is 31.0 Å². The number of phenols is 1. The van der Waals surface area contributed by atoms with Gasteiger partial charge in [0.2, 0.25) is 0 Å². The molecule has 1 heterocycles. The van der Waals surface area contributed by atoms with Gasteiger partial charge in [0.05, 0.1) is 24.8 Å². The Hall–Kier alpha value is -3.32. The second-order valence-electron chi connectivity index (χ2n) is 7.81. The molecule has 1 saturated heterocycles. The number of Topliss-reactive ketones (excluding diaryl/α,β-unsaturated/α-hetero) is 1. The molecule has 0 spiro atoms. The largest absolute Gasteiger partial charge is 0.508 e. The molecule has 2 aromatic rings. The maximum absolute atomic E-state index is 12.9. The van der Waals surface area contributed by atoms with Gasteiger partial charge in [-0.1, -0.05) is 26.0 Å². The van der Waals surface area contributed by atoms with Crippen LogP contribution >= 0.6 is 0 Å². The molecule has 1 aliphatic heterocycles. The van der Waals surface area contributed by atoms with Crippen LogP contribution in [-0.4, -0.2) is 53.7 Å². The van der Waals surface area contributed by atoms with Gasteiger partial charge >= 0.3 is 0 Å². The van der Waals surface area contributed by atoms with Crippen molar-refractivity contribution < 1.29 is 29.3 Å². The summed E-state index contributed by atoms with van der Waals surface area (Å²) in [5.41, 5.74) is 1.01. The molecule has 1 fully saturated rings. The number of amides is 1. The number of likely N-dealkylation sites (tertiary alicyclic amines) is 1. The Morgan fingerprint density at radius 2 is 1.71 bits per heavy atom. The van der Waals surface area contributed by atoms with Crippen LogP contribution in [0, 0.1) is 5.92 Å². The number of hydrogen-bond acceptors (Lipinski definition) is 6. The third kappa shape index (κ3) is 4.88. The number of rotatable bonds is 8. The zero-order valence-corrected chi connectivity index (χ0v) is 17.9. The fourth-order valence-corrected chi connectivity index (χ4v) is 3.43. The number of nitrogens with zero attached hydrogens (tertiary/aromatic N) is 1. The van der Waals surface area contributed by atoms with E-state index in [4.69, 9.17) is 9.47 Å². The summed E-state index contributed by atoms with van der Waals surface area (Å²) in [5, 5.41) is 20.6. The Labute approximate surface area is 181 Å². The van der Waals surface area contributed by atoms with Crippen LogP contribution in [0.3, 0.4) is 0 Å². The van der Waals surface area contributed by atoms with Crippen LogP contribution in [-0.2, 0) is 14.3 Å². The Kier molecular flexibility index (Phi) is 6.97. The molecule has 0 radical (unpaired) electrons. The number of aliphatic hydroxyl groups excluding tert-OH is 1. The number of phenolic OH excluding ortho intramolecular Hbond substituents is 1. The van der Waals surface area contributed by atoms with Crippen molar-refractivity contribution in [3.05, 3.63) is 65.2 Å². The Morgan fingerprint density at radius 3 is 2.29 bits per heavy atom. The van der Waals surface area contributed by atoms with E-state index in [1.165, 1.54) is 24.1 Å². The number of ether oxygens (including phenoxy) is 2. The molecule has 31 heavy (non-hydrogen) atoms. The second kappa shape index (κ2) is 9.66. The first-order valence-electron chi connectivity index (χ1n) is 10.1. The minimum Gasteiger partial charge on any atom is -0.508 e. The molecular weight excluding hydrogens is 398 g/mol. The molecule has 0 saturated carbocycles. The summed E-state index contributed by atoms with van der Waals surface area (Å²) in [6.07, 6.45) is 0. The van der Waals surface area contributed by atoms with Crippen LogP contribution in [0.4, 0.5) is 0 Å². The van der Waals surface area contributed by atoms with Crippen molar-refractivity contribution in [3.63, 3.8) is 0 Å². The summed E-state index contributed by atoms with van der Waals surface area (Å²) >= 11 is 0. The third-order valence-corrected chi connectivity index (χ3v) is 5.00. The van der Waals surface area contributed by atoms with E-state index in [1.54, 1.807) is 36.4 Å². The highest BCUT2D eigenvalue weighted by Gasteiger charge is 2.45. The van der Waals surface area contributed by atoms with Gasteiger partial charge in [0, 0.05) is 19.2 Å². The van der Waals surface area contributed by atoms with Crippen LogP contribution in [0.5, 0.6) is 11.5 Å². The molecule has 1 amide bonds. The summed E-state index contributed by atoms with van der Waals surface area (Å²) in [6, 6.07) is 12.2. The van der Waals surface area contributed by atoms with Crippen LogP contribution < -0.4 is 4.74 Å². The lowest BCUT2D eigenvalue weighted by Crippen LogP contribution is -2.32. The number of aliphatic hydroxyl groups is 1. The third-order valence-electron chi connectivity index (χ3n) is 5.00. The van der Waals surface area contributed by atoms with Crippen molar-refractivity contribution in [1.82, 2.24) is 4.90 Å². The number of methoxy groups -OCH3 is 1. The van der Waals surface area contributed by atoms with Crippen molar-refractivity contribution in [2.75, 3.05) is 26.9 Å². The summed E-state index contributed by atoms with van der Waals surface area (Å²) in [4.78, 5) is 27.0. The normalized spacial score (nSPS) is 18.1. The highest BCUT2D eigenvalue weighted by molar-refractivity contribution is 6.46. The molecule has 2 aromatic carbocycles. The van der Waals surface area contributed by atoms with Crippen molar-refractivity contribution >= 4 is 17.4 Å². The summed E-state index contributed by atoms with van der Waals surface area (Å²) < 4.78 is 10.8. The van der Waals surface area contributed by atoms with Crippen molar-refractivity contribution in [2.45, 2.75) is 19.9 Å². The number of ketones is 1. The molecule has 7 nitrogen and oxygen atoms in total. The van der Waals surface area contributed by atoms with Crippen LogP contribution in [0.25, 0.3) is 5.76 Å². The van der Waals surface area contributed by atoms with Gasteiger partial charge < -0.3 is 24.6 Å². The fourth-order valence-electron chi connectivity index (χ4n) is 3.43. The first kappa shape index (κ1) is 22.4. The monoisotopic (exact) mass is 425 g/mol. The Bertz CT molecular complexity index is 963. The minimum atomic E-state index is -0.785. The van der Waals surface area contributed by atoms with Crippen LogP contribution in [0.15, 0.2) is 54.1 Å². The molecule has 0 bridgehead atoms. The highest BCUT2D eigenvalue weighted by Crippen LogP contribution is 2.39. The number of benzene rings is 2. The minimum absolute atomic E-state index is 0.00245. The maximum Gasteiger partial charge on any atom is 0.295 e. The zero-order valence-electron chi connectivity index (χ0n) is 17.9. The topological polar surface area (TPSA) is 96.3 Å². The van der Waals surface area contributed by atoms with Crippen molar-refractivity contribution in [3.8, 4) is 11.5 Å².